The van der Waals surface area contributed by atoms with Crippen molar-refractivity contribution in [3.05, 3.63) is 76.9 Å². The van der Waals surface area contributed by atoms with Crippen LogP contribution in [-0.4, -0.2) is 65.9 Å². The van der Waals surface area contributed by atoms with E-state index in [1.54, 1.807) is 0 Å². The number of aliphatic hydroxyl groups is 1. The Bertz CT molecular complexity index is 1700. The summed E-state index contributed by atoms with van der Waals surface area (Å²) in [7, 11) is 0. The molecule has 1 spiro atoms. The predicted octanol–water partition coefficient (Wildman–Crippen LogP) is 4.19. The molecule has 3 aromatic carbocycles. The van der Waals surface area contributed by atoms with E-state index in [0.717, 1.165) is 64.7 Å². The van der Waals surface area contributed by atoms with E-state index in [1.165, 1.54) is 12.8 Å². The number of carbonyl (C=O) groups is 2. The quantitative estimate of drug-likeness (QED) is 0.425. The summed E-state index contributed by atoms with van der Waals surface area (Å²) in [5.74, 6) is 2.60. The Hall–Kier alpha value is -3.88. The van der Waals surface area contributed by atoms with Gasteiger partial charge in [-0.15, -0.1) is 0 Å². The number of nitrogens with zero attached hydrogens (tertiary/aromatic N) is 1. The Balaban J connectivity index is 0.940. The first-order valence-corrected chi connectivity index (χ1v) is 16.0. The number of rotatable bonds is 7. The largest absolute Gasteiger partial charge is 0.480 e. The van der Waals surface area contributed by atoms with Crippen molar-refractivity contribution >= 4 is 11.7 Å². The summed E-state index contributed by atoms with van der Waals surface area (Å²) in [6, 6.07) is 18.1. The third kappa shape index (κ3) is 3.76. The highest BCUT2D eigenvalue weighted by molar-refractivity contribution is 5.99. The van der Waals surface area contributed by atoms with E-state index in [1.807, 2.05) is 30.3 Å². The van der Waals surface area contributed by atoms with Crippen LogP contribution in [0.2, 0.25) is 0 Å². The Kier molecular flexibility index (Phi) is 5.76. The lowest BCUT2D eigenvalue weighted by molar-refractivity contribution is -0.188. The average molecular weight is 593 g/mol. The van der Waals surface area contributed by atoms with E-state index in [9.17, 15) is 14.7 Å². The Morgan fingerprint density at radius 2 is 1.82 bits per heavy atom. The molecule has 8 heteroatoms. The number of fused-ring (bicyclic) bond motifs is 1. The van der Waals surface area contributed by atoms with Gasteiger partial charge < -0.3 is 24.6 Å². The standard InChI is InChI=1S/C36H36N2O6/c39-27-11-13-36(41)30-18-25-7-9-26(32-31(25)35(36,33(27)44-32)14-16-38(30)19-22-1-2-22)34(40)37-15-12-21-3-5-23(6-4-21)24-8-10-28-29(17-24)43-20-42-28/h3-10,17,22,30,33,41H,1-2,11-16,18-20H2,(H,37,40)/t30-,33+,35+,36-/m1/s1. The molecule has 2 saturated carbocycles. The molecule has 9 rings (SSSR count). The topological polar surface area (TPSA) is 97.3 Å². The SMILES string of the molecule is O=C(NCCc1ccc(-c2ccc3c(c2)OCO3)cc1)c1ccc2c3c1O[C@H]1C(=O)CC[C@@]4(O)[C@@H](C2)N(CC2CC2)CC[C@]314. The van der Waals surface area contributed by atoms with Gasteiger partial charge >= 0.3 is 0 Å². The first-order chi connectivity index (χ1) is 21.4. The summed E-state index contributed by atoms with van der Waals surface area (Å²) in [5, 5.41) is 15.6. The molecular weight excluding hydrogens is 556 g/mol. The summed E-state index contributed by atoms with van der Waals surface area (Å²) >= 11 is 0. The van der Waals surface area contributed by atoms with Crippen molar-refractivity contribution in [1.29, 1.82) is 0 Å². The number of piperidine rings is 1. The molecule has 3 fully saturated rings. The Morgan fingerprint density at radius 1 is 1.00 bits per heavy atom. The van der Waals surface area contributed by atoms with Gasteiger partial charge in [0.2, 0.25) is 6.79 Å². The van der Waals surface area contributed by atoms with Crippen LogP contribution < -0.4 is 19.5 Å². The van der Waals surface area contributed by atoms with Gasteiger partial charge in [-0.1, -0.05) is 36.4 Å². The highest BCUT2D eigenvalue weighted by atomic mass is 16.7. The first-order valence-electron chi connectivity index (χ1n) is 16.0. The third-order valence-electron chi connectivity index (χ3n) is 11.2. The summed E-state index contributed by atoms with van der Waals surface area (Å²) < 4.78 is 17.4. The molecule has 3 aromatic rings. The maximum absolute atomic E-state index is 13.6. The molecule has 0 unspecified atom stereocenters. The molecule has 226 valence electrons. The fraction of sp³-hybridized carbons (Fsp3) is 0.444. The summed E-state index contributed by atoms with van der Waals surface area (Å²) in [4.78, 5) is 29.4. The summed E-state index contributed by atoms with van der Waals surface area (Å²) in [6.45, 7) is 2.59. The number of carbonyl (C=O) groups excluding carboxylic acids is 2. The highest BCUT2D eigenvalue weighted by Crippen LogP contribution is 2.64. The van der Waals surface area contributed by atoms with E-state index < -0.39 is 17.1 Å². The first kappa shape index (κ1) is 26.5. The van der Waals surface area contributed by atoms with Gasteiger partial charge in [0.15, 0.2) is 23.4 Å². The Labute approximate surface area is 256 Å². The Morgan fingerprint density at radius 3 is 2.66 bits per heavy atom. The second-order valence-corrected chi connectivity index (χ2v) is 13.5. The zero-order valence-corrected chi connectivity index (χ0v) is 24.6. The number of ketones is 1. The molecule has 6 aliphatic rings. The van der Waals surface area contributed by atoms with Crippen molar-refractivity contribution < 1.29 is 28.9 Å². The number of likely N-dealkylation sites (tertiary alicyclic amines) is 1. The highest BCUT2D eigenvalue weighted by Gasteiger charge is 2.73. The summed E-state index contributed by atoms with van der Waals surface area (Å²) in [6.07, 6.45) is 4.66. The molecule has 2 bridgehead atoms. The number of benzene rings is 3. The second kappa shape index (κ2) is 9.56. The van der Waals surface area contributed by atoms with E-state index in [0.29, 0.717) is 43.5 Å². The number of Topliss-reactive ketones (excluding diaryl/α,β-unsaturated/α-hetero) is 1. The van der Waals surface area contributed by atoms with Crippen LogP contribution in [0.25, 0.3) is 11.1 Å². The molecule has 3 aliphatic carbocycles. The van der Waals surface area contributed by atoms with Crippen molar-refractivity contribution in [2.24, 2.45) is 5.92 Å². The molecule has 3 heterocycles. The van der Waals surface area contributed by atoms with Crippen molar-refractivity contribution in [2.45, 2.75) is 68.1 Å². The van der Waals surface area contributed by atoms with Crippen LogP contribution in [0.15, 0.2) is 54.6 Å². The maximum atomic E-state index is 13.6. The van der Waals surface area contributed by atoms with E-state index in [2.05, 4.69) is 34.5 Å². The maximum Gasteiger partial charge on any atom is 0.255 e. The van der Waals surface area contributed by atoms with Crippen LogP contribution in [0.3, 0.4) is 0 Å². The van der Waals surface area contributed by atoms with Crippen molar-refractivity contribution in [3.63, 3.8) is 0 Å². The van der Waals surface area contributed by atoms with Crippen molar-refractivity contribution in [1.82, 2.24) is 10.2 Å². The van der Waals surface area contributed by atoms with Crippen molar-refractivity contribution in [2.75, 3.05) is 26.4 Å². The molecule has 1 amide bonds. The van der Waals surface area contributed by atoms with Crippen LogP contribution in [0, 0.1) is 5.92 Å². The molecule has 44 heavy (non-hydrogen) atoms. The molecular formula is C36H36N2O6. The minimum absolute atomic E-state index is 0.0226. The number of hydrogen-bond donors (Lipinski definition) is 2. The minimum Gasteiger partial charge on any atom is -0.480 e. The zero-order chi connectivity index (χ0) is 29.6. The van der Waals surface area contributed by atoms with Gasteiger partial charge in [0.25, 0.3) is 5.91 Å². The third-order valence-corrected chi connectivity index (χ3v) is 11.2. The zero-order valence-electron chi connectivity index (χ0n) is 24.6. The van der Waals surface area contributed by atoms with E-state index in [4.69, 9.17) is 14.2 Å². The lowest BCUT2D eigenvalue weighted by Crippen LogP contribution is -2.76. The van der Waals surface area contributed by atoms with Crippen LogP contribution >= 0.6 is 0 Å². The smallest absolute Gasteiger partial charge is 0.255 e. The van der Waals surface area contributed by atoms with Crippen LogP contribution in [0.4, 0.5) is 0 Å². The van der Waals surface area contributed by atoms with E-state index in [-0.39, 0.29) is 24.5 Å². The second-order valence-electron chi connectivity index (χ2n) is 13.5. The number of nitrogens with one attached hydrogen (secondary N) is 1. The minimum atomic E-state index is -1.03. The van der Waals surface area contributed by atoms with Crippen molar-refractivity contribution in [3.8, 4) is 28.4 Å². The number of amides is 1. The van der Waals surface area contributed by atoms with E-state index >= 15 is 0 Å². The normalized spacial score (nSPS) is 29.2. The van der Waals surface area contributed by atoms with Gasteiger partial charge in [0.1, 0.15) is 5.75 Å². The molecule has 1 saturated heterocycles. The fourth-order valence-corrected chi connectivity index (χ4v) is 8.81. The molecule has 2 N–H and O–H groups in total. The predicted molar refractivity (Wildman–Crippen MR) is 162 cm³/mol. The monoisotopic (exact) mass is 592 g/mol. The lowest BCUT2D eigenvalue weighted by Gasteiger charge is -2.62. The van der Waals surface area contributed by atoms with Crippen LogP contribution in [0.5, 0.6) is 17.2 Å². The van der Waals surface area contributed by atoms with Gasteiger partial charge in [-0.2, -0.15) is 0 Å². The molecule has 0 radical (unpaired) electrons. The number of ether oxygens (including phenoxy) is 3. The van der Waals surface area contributed by atoms with Crippen LogP contribution in [0.1, 0.15) is 59.2 Å². The van der Waals surface area contributed by atoms with Gasteiger partial charge in [-0.3, -0.25) is 14.5 Å². The van der Waals surface area contributed by atoms with Crippen LogP contribution in [-0.2, 0) is 23.1 Å². The molecule has 3 aliphatic heterocycles. The lowest BCUT2D eigenvalue weighted by atomic mass is 9.49. The summed E-state index contributed by atoms with van der Waals surface area (Å²) in [5.41, 5.74) is 3.96. The number of hydrogen-bond acceptors (Lipinski definition) is 7. The van der Waals surface area contributed by atoms with Gasteiger partial charge in [-0.05, 0) is 91.4 Å². The molecule has 4 atom stereocenters. The molecule has 8 nitrogen and oxygen atoms in total. The molecule has 0 aromatic heterocycles. The van der Waals surface area contributed by atoms with Gasteiger partial charge in [0.05, 0.1) is 16.6 Å². The fourth-order valence-electron chi connectivity index (χ4n) is 8.81. The van der Waals surface area contributed by atoms with Gasteiger partial charge in [0, 0.05) is 31.1 Å². The average Bonchev–Trinajstić information content (AvgIpc) is 3.59. The van der Waals surface area contributed by atoms with Gasteiger partial charge in [-0.25, -0.2) is 0 Å².